The van der Waals surface area contributed by atoms with Crippen LogP contribution in [0.25, 0.3) is 0 Å². The molecule has 0 aliphatic heterocycles. The van der Waals surface area contributed by atoms with Crippen LogP contribution in [0.4, 0.5) is 0 Å². The standard InChI is InChI=1S/C9H19N/c1-5-8(3)7-9(4)10-6-2/h6,8-9H,5,7H2,1-4H3/t8-,9?/m0/s1. The van der Waals surface area contributed by atoms with E-state index in [4.69, 9.17) is 0 Å². The average molecular weight is 141 g/mol. The molecule has 0 saturated carbocycles. The van der Waals surface area contributed by atoms with Crippen LogP contribution in [-0.2, 0) is 0 Å². The van der Waals surface area contributed by atoms with Crippen LogP contribution < -0.4 is 0 Å². The number of nitrogens with zero attached hydrogens (tertiary/aromatic N) is 1. The Kier molecular flexibility index (Phi) is 5.27. The molecule has 0 saturated heterocycles. The Morgan fingerprint density at radius 1 is 1.40 bits per heavy atom. The Balaban J connectivity index is 3.46. The van der Waals surface area contributed by atoms with Gasteiger partial charge in [0.25, 0.3) is 0 Å². The lowest BCUT2D eigenvalue weighted by Crippen LogP contribution is -2.04. The number of rotatable bonds is 4. The van der Waals surface area contributed by atoms with Gasteiger partial charge >= 0.3 is 0 Å². The predicted molar refractivity (Wildman–Crippen MR) is 47.7 cm³/mol. The van der Waals surface area contributed by atoms with Gasteiger partial charge in [0.15, 0.2) is 0 Å². The Bertz CT molecular complexity index is 96.9. The van der Waals surface area contributed by atoms with Crippen molar-refractivity contribution in [3.8, 4) is 0 Å². The summed E-state index contributed by atoms with van der Waals surface area (Å²) in [6, 6.07) is 0.514. The fraction of sp³-hybridized carbons (Fsp3) is 0.889. The maximum absolute atomic E-state index is 4.29. The first-order valence-electron chi connectivity index (χ1n) is 4.18. The Morgan fingerprint density at radius 3 is 2.40 bits per heavy atom. The summed E-state index contributed by atoms with van der Waals surface area (Å²) in [5.74, 6) is 0.818. The summed E-state index contributed by atoms with van der Waals surface area (Å²) >= 11 is 0. The zero-order chi connectivity index (χ0) is 7.98. The van der Waals surface area contributed by atoms with Gasteiger partial charge in [0, 0.05) is 6.04 Å². The van der Waals surface area contributed by atoms with Gasteiger partial charge in [-0.25, -0.2) is 0 Å². The molecule has 2 atom stereocenters. The van der Waals surface area contributed by atoms with E-state index in [0.29, 0.717) is 6.04 Å². The second-order valence-electron chi connectivity index (χ2n) is 3.01. The first-order chi connectivity index (χ1) is 4.70. The second-order valence-corrected chi connectivity index (χ2v) is 3.01. The van der Waals surface area contributed by atoms with E-state index in [-0.39, 0.29) is 0 Å². The van der Waals surface area contributed by atoms with Gasteiger partial charge in [-0.2, -0.15) is 0 Å². The normalized spacial score (nSPS) is 17.6. The van der Waals surface area contributed by atoms with E-state index in [0.717, 1.165) is 5.92 Å². The van der Waals surface area contributed by atoms with Gasteiger partial charge in [-0.15, -0.1) is 0 Å². The summed E-state index contributed by atoms with van der Waals surface area (Å²) in [6.07, 6.45) is 4.39. The van der Waals surface area contributed by atoms with Crippen molar-refractivity contribution in [3.63, 3.8) is 0 Å². The summed E-state index contributed by atoms with van der Waals surface area (Å²) < 4.78 is 0. The summed E-state index contributed by atoms with van der Waals surface area (Å²) in [4.78, 5) is 4.29. The van der Waals surface area contributed by atoms with Crippen molar-refractivity contribution in [1.29, 1.82) is 0 Å². The maximum atomic E-state index is 4.29. The van der Waals surface area contributed by atoms with Crippen molar-refractivity contribution in [3.05, 3.63) is 0 Å². The zero-order valence-corrected chi connectivity index (χ0v) is 7.59. The third-order valence-corrected chi connectivity index (χ3v) is 1.84. The topological polar surface area (TPSA) is 12.4 Å². The fourth-order valence-corrected chi connectivity index (χ4v) is 1.06. The molecule has 0 aromatic heterocycles. The third kappa shape index (κ3) is 4.54. The van der Waals surface area contributed by atoms with Gasteiger partial charge in [0.05, 0.1) is 0 Å². The number of hydrogen-bond donors (Lipinski definition) is 0. The van der Waals surface area contributed by atoms with E-state index in [1.807, 2.05) is 13.1 Å². The predicted octanol–water partition coefficient (Wildman–Crippen LogP) is 2.90. The van der Waals surface area contributed by atoms with Crippen LogP contribution in [0.3, 0.4) is 0 Å². The fourth-order valence-electron chi connectivity index (χ4n) is 1.06. The molecule has 0 radical (unpaired) electrons. The monoisotopic (exact) mass is 141 g/mol. The van der Waals surface area contributed by atoms with Crippen LogP contribution in [0.5, 0.6) is 0 Å². The molecule has 0 aliphatic carbocycles. The minimum atomic E-state index is 0.514. The van der Waals surface area contributed by atoms with E-state index in [1.54, 1.807) is 0 Å². The van der Waals surface area contributed by atoms with Crippen LogP contribution in [0, 0.1) is 5.92 Å². The minimum absolute atomic E-state index is 0.514. The molecule has 0 aromatic rings. The largest absolute Gasteiger partial charge is 0.295 e. The van der Waals surface area contributed by atoms with Crippen molar-refractivity contribution in [2.45, 2.75) is 46.6 Å². The Labute approximate surface area is 64.6 Å². The molecule has 0 N–H and O–H groups in total. The highest BCUT2D eigenvalue weighted by Crippen LogP contribution is 2.11. The lowest BCUT2D eigenvalue weighted by molar-refractivity contribution is 0.471. The van der Waals surface area contributed by atoms with E-state index in [2.05, 4.69) is 25.8 Å². The Morgan fingerprint density at radius 2 is 2.00 bits per heavy atom. The lowest BCUT2D eigenvalue weighted by atomic mass is 10.0. The molecule has 0 rings (SSSR count). The molecule has 60 valence electrons. The van der Waals surface area contributed by atoms with Crippen LogP contribution >= 0.6 is 0 Å². The molecular formula is C9H19N. The quantitative estimate of drug-likeness (QED) is 0.534. The molecule has 1 heteroatoms. The smallest absolute Gasteiger partial charge is 0.0469 e. The van der Waals surface area contributed by atoms with Crippen LogP contribution in [0.2, 0.25) is 0 Å². The van der Waals surface area contributed by atoms with Gasteiger partial charge in [-0.1, -0.05) is 20.3 Å². The molecule has 0 aromatic carbocycles. The van der Waals surface area contributed by atoms with E-state index in [1.165, 1.54) is 12.8 Å². The van der Waals surface area contributed by atoms with Crippen LogP contribution in [0.15, 0.2) is 4.99 Å². The first kappa shape index (κ1) is 9.67. The third-order valence-electron chi connectivity index (χ3n) is 1.84. The molecule has 1 nitrogen and oxygen atoms in total. The van der Waals surface area contributed by atoms with Crippen molar-refractivity contribution in [1.82, 2.24) is 0 Å². The van der Waals surface area contributed by atoms with Gasteiger partial charge in [0.1, 0.15) is 0 Å². The van der Waals surface area contributed by atoms with Crippen molar-refractivity contribution >= 4 is 6.21 Å². The molecule has 1 unspecified atom stereocenters. The second kappa shape index (κ2) is 5.45. The molecule has 0 fully saturated rings. The Hall–Kier alpha value is -0.330. The summed E-state index contributed by atoms with van der Waals surface area (Å²) in [6.45, 7) is 8.66. The SMILES string of the molecule is CC=NC(C)C[C@@H](C)CC. The van der Waals surface area contributed by atoms with E-state index >= 15 is 0 Å². The van der Waals surface area contributed by atoms with E-state index < -0.39 is 0 Å². The molecule has 0 amide bonds. The highest BCUT2D eigenvalue weighted by atomic mass is 14.7. The molecule has 0 bridgehead atoms. The van der Waals surface area contributed by atoms with Crippen molar-refractivity contribution in [2.75, 3.05) is 0 Å². The average Bonchev–Trinajstić information content (AvgIpc) is 1.88. The van der Waals surface area contributed by atoms with E-state index in [9.17, 15) is 0 Å². The molecular weight excluding hydrogens is 122 g/mol. The van der Waals surface area contributed by atoms with Gasteiger partial charge in [-0.05, 0) is 32.4 Å². The van der Waals surface area contributed by atoms with Crippen molar-refractivity contribution < 1.29 is 0 Å². The number of aliphatic imine (C=N–C) groups is 1. The summed E-state index contributed by atoms with van der Waals surface area (Å²) in [5.41, 5.74) is 0. The maximum Gasteiger partial charge on any atom is 0.0469 e. The van der Waals surface area contributed by atoms with Crippen LogP contribution in [-0.4, -0.2) is 12.3 Å². The highest BCUT2D eigenvalue weighted by Gasteiger charge is 2.03. The van der Waals surface area contributed by atoms with Crippen molar-refractivity contribution in [2.24, 2.45) is 10.9 Å². The summed E-state index contributed by atoms with van der Waals surface area (Å²) in [7, 11) is 0. The lowest BCUT2D eigenvalue weighted by Gasteiger charge is -2.10. The highest BCUT2D eigenvalue weighted by molar-refractivity contribution is 5.53. The summed E-state index contributed by atoms with van der Waals surface area (Å²) in [5, 5.41) is 0. The molecule has 10 heavy (non-hydrogen) atoms. The molecule has 0 aliphatic rings. The number of hydrogen-bond acceptors (Lipinski definition) is 1. The van der Waals surface area contributed by atoms with Crippen LogP contribution in [0.1, 0.15) is 40.5 Å². The minimum Gasteiger partial charge on any atom is -0.295 e. The van der Waals surface area contributed by atoms with Gasteiger partial charge < -0.3 is 0 Å². The molecule has 0 spiro atoms. The zero-order valence-electron chi connectivity index (χ0n) is 7.59. The molecule has 0 heterocycles. The van der Waals surface area contributed by atoms with Gasteiger partial charge in [-0.3, -0.25) is 4.99 Å². The van der Waals surface area contributed by atoms with Gasteiger partial charge in [0.2, 0.25) is 0 Å². The first-order valence-corrected chi connectivity index (χ1v) is 4.18.